The van der Waals surface area contributed by atoms with Crippen molar-refractivity contribution in [3.05, 3.63) is 30.1 Å². The van der Waals surface area contributed by atoms with Crippen LogP contribution in [0.5, 0.6) is 0 Å². The van der Waals surface area contributed by atoms with Crippen molar-refractivity contribution in [2.45, 2.75) is 38.3 Å². The molecule has 4 nitrogen and oxygen atoms in total. The number of pyridine rings is 1. The Morgan fingerprint density at radius 2 is 2.10 bits per heavy atom. The molecule has 1 aromatic rings. The molecule has 2 heterocycles. The fourth-order valence-corrected chi connectivity index (χ4v) is 3.15. The smallest absolute Gasteiger partial charge is 0.0544 e. The Bertz CT molecular complexity index is 385. The Kier molecular flexibility index (Phi) is 5.52. The molecule has 1 saturated heterocycles. The SMILES string of the molecule is CCCN1CCC(CN)(N(C)Cc2ccccn2)CC1. The third kappa shape index (κ3) is 3.57. The van der Waals surface area contributed by atoms with Gasteiger partial charge in [0.1, 0.15) is 0 Å². The molecule has 1 fully saturated rings. The van der Waals surface area contributed by atoms with Crippen molar-refractivity contribution in [3.63, 3.8) is 0 Å². The highest BCUT2D eigenvalue weighted by molar-refractivity contribution is 5.05. The van der Waals surface area contributed by atoms with Gasteiger partial charge in [0.15, 0.2) is 0 Å². The van der Waals surface area contributed by atoms with E-state index in [0.29, 0.717) is 0 Å². The van der Waals surface area contributed by atoms with Crippen molar-refractivity contribution in [2.24, 2.45) is 5.73 Å². The van der Waals surface area contributed by atoms with E-state index in [4.69, 9.17) is 5.73 Å². The molecule has 0 bridgehead atoms. The standard InChI is InChI=1S/C16H28N4/c1-3-10-20-11-7-16(14-17,8-12-20)19(2)13-15-6-4-5-9-18-15/h4-6,9H,3,7-8,10-14,17H2,1-2H3. The molecule has 112 valence electrons. The van der Waals surface area contributed by atoms with Crippen LogP contribution in [-0.2, 0) is 6.54 Å². The van der Waals surface area contributed by atoms with Crippen molar-refractivity contribution in [3.8, 4) is 0 Å². The molecule has 2 rings (SSSR count). The van der Waals surface area contributed by atoms with Gasteiger partial charge in [0, 0.05) is 24.8 Å². The van der Waals surface area contributed by atoms with Crippen molar-refractivity contribution in [1.82, 2.24) is 14.8 Å². The molecular formula is C16H28N4. The third-order valence-corrected chi connectivity index (χ3v) is 4.64. The number of piperidine rings is 1. The van der Waals surface area contributed by atoms with Crippen LogP contribution in [-0.4, -0.2) is 53.5 Å². The molecule has 0 spiro atoms. The summed E-state index contributed by atoms with van der Waals surface area (Å²) in [4.78, 5) is 9.40. The molecule has 1 aliphatic rings. The van der Waals surface area contributed by atoms with Gasteiger partial charge in [-0.25, -0.2) is 0 Å². The van der Waals surface area contributed by atoms with Gasteiger partial charge in [-0.2, -0.15) is 0 Å². The Hall–Kier alpha value is -0.970. The van der Waals surface area contributed by atoms with Crippen molar-refractivity contribution in [1.29, 1.82) is 0 Å². The Balaban J connectivity index is 1.97. The molecule has 1 aliphatic heterocycles. The van der Waals surface area contributed by atoms with Crippen LogP contribution < -0.4 is 5.73 Å². The van der Waals surface area contributed by atoms with Crippen LogP contribution >= 0.6 is 0 Å². The van der Waals surface area contributed by atoms with Gasteiger partial charge in [-0.1, -0.05) is 13.0 Å². The first-order valence-corrected chi connectivity index (χ1v) is 7.74. The quantitative estimate of drug-likeness (QED) is 0.859. The molecule has 0 aromatic carbocycles. The Labute approximate surface area is 123 Å². The Morgan fingerprint density at radius 3 is 2.65 bits per heavy atom. The lowest BCUT2D eigenvalue weighted by Crippen LogP contribution is -2.57. The number of rotatable bonds is 6. The average molecular weight is 276 g/mol. The second kappa shape index (κ2) is 7.16. The normalized spacial score (nSPS) is 19.4. The van der Waals surface area contributed by atoms with Gasteiger partial charge in [0.05, 0.1) is 5.69 Å². The summed E-state index contributed by atoms with van der Waals surface area (Å²) < 4.78 is 0. The predicted octanol–water partition coefficient (Wildman–Crippen LogP) is 1.72. The summed E-state index contributed by atoms with van der Waals surface area (Å²) in [7, 11) is 2.19. The number of likely N-dealkylation sites (N-methyl/N-ethyl adjacent to an activating group) is 1. The number of nitrogens with zero attached hydrogens (tertiary/aromatic N) is 3. The predicted molar refractivity (Wildman–Crippen MR) is 83.5 cm³/mol. The molecule has 1 aromatic heterocycles. The summed E-state index contributed by atoms with van der Waals surface area (Å²) in [6, 6.07) is 6.10. The molecule has 0 aliphatic carbocycles. The maximum atomic E-state index is 6.13. The van der Waals surface area contributed by atoms with Crippen LogP contribution in [0, 0.1) is 0 Å². The van der Waals surface area contributed by atoms with Crippen LogP contribution in [0.1, 0.15) is 31.9 Å². The van der Waals surface area contributed by atoms with Gasteiger partial charge in [-0.15, -0.1) is 0 Å². The lowest BCUT2D eigenvalue weighted by molar-refractivity contribution is 0.0393. The van der Waals surface area contributed by atoms with Crippen molar-refractivity contribution in [2.75, 3.05) is 33.2 Å². The lowest BCUT2D eigenvalue weighted by atomic mass is 9.85. The molecule has 0 radical (unpaired) electrons. The third-order valence-electron chi connectivity index (χ3n) is 4.64. The molecule has 2 N–H and O–H groups in total. The number of hydrogen-bond acceptors (Lipinski definition) is 4. The monoisotopic (exact) mass is 276 g/mol. The summed E-state index contributed by atoms with van der Waals surface area (Å²) in [5.74, 6) is 0. The summed E-state index contributed by atoms with van der Waals surface area (Å²) in [6.07, 6.45) is 5.42. The largest absolute Gasteiger partial charge is 0.329 e. The van der Waals surface area contributed by atoms with E-state index < -0.39 is 0 Å². The average Bonchev–Trinajstić information content (AvgIpc) is 2.49. The molecule has 0 saturated carbocycles. The Morgan fingerprint density at radius 1 is 1.35 bits per heavy atom. The fraction of sp³-hybridized carbons (Fsp3) is 0.688. The second-order valence-corrected chi connectivity index (χ2v) is 5.95. The first-order valence-electron chi connectivity index (χ1n) is 7.74. The molecule has 0 amide bonds. The van der Waals surface area contributed by atoms with E-state index in [1.54, 1.807) is 0 Å². The van der Waals surface area contributed by atoms with Crippen LogP contribution in [0.3, 0.4) is 0 Å². The van der Waals surface area contributed by atoms with E-state index in [0.717, 1.165) is 44.7 Å². The van der Waals surface area contributed by atoms with E-state index in [2.05, 4.69) is 40.9 Å². The summed E-state index contributed by atoms with van der Waals surface area (Å²) in [5.41, 5.74) is 7.40. The number of likely N-dealkylation sites (tertiary alicyclic amines) is 1. The topological polar surface area (TPSA) is 45.4 Å². The molecule has 20 heavy (non-hydrogen) atoms. The van der Waals surface area contributed by atoms with E-state index >= 15 is 0 Å². The minimum atomic E-state index is 0.141. The first kappa shape index (κ1) is 15.4. The summed E-state index contributed by atoms with van der Waals surface area (Å²) in [5, 5.41) is 0. The maximum Gasteiger partial charge on any atom is 0.0544 e. The van der Waals surface area contributed by atoms with Gasteiger partial charge >= 0.3 is 0 Å². The highest BCUT2D eigenvalue weighted by atomic mass is 15.2. The zero-order valence-electron chi connectivity index (χ0n) is 12.9. The highest BCUT2D eigenvalue weighted by Crippen LogP contribution is 2.28. The first-order chi connectivity index (χ1) is 9.70. The zero-order chi connectivity index (χ0) is 14.4. The van der Waals surface area contributed by atoms with Crippen LogP contribution in [0.4, 0.5) is 0 Å². The van der Waals surface area contributed by atoms with Gasteiger partial charge in [-0.3, -0.25) is 9.88 Å². The summed E-state index contributed by atoms with van der Waals surface area (Å²) >= 11 is 0. The minimum absolute atomic E-state index is 0.141. The minimum Gasteiger partial charge on any atom is -0.329 e. The number of hydrogen-bond donors (Lipinski definition) is 1. The van der Waals surface area contributed by atoms with Gasteiger partial charge in [0.2, 0.25) is 0 Å². The zero-order valence-corrected chi connectivity index (χ0v) is 12.9. The van der Waals surface area contributed by atoms with Crippen LogP contribution in [0.2, 0.25) is 0 Å². The maximum absolute atomic E-state index is 6.13. The van der Waals surface area contributed by atoms with E-state index in [9.17, 15) is 0 Å². The van der Waals surface area contributed by atoms with Crippen molar-refractivity contribution >= 4 is 0 Å². The highest BCUT2D eigenvalue weighted by Gasteiger charge is 2.36. The molecule has 4 heteroatoms. The van der Waals surface area contributed by atoms with Gasteiger partial charge in [-0.05, 0) is 58.1 Å². The van der Waals surface area contributed by atoms with Crippen LogP contribution in [0.15, 0.2) is 24.4 Å². The lowest BCUT2D eigenvalue weighted by Gasteiger charge is -2.47. The number of nitrogens with two attached hydrogens (primary N) is 1. The second-order valence-electron chi connectivity index (χ2n) is 5.95. The van der Waals surface area contributed by atoms with Crippen LogP contribution in [0.25, 0.3) is 0 Å². The van der Waals surface area contributed by atoms with E-state index in [-0.39, 0.29) is 5.54 Å². The molecule has 0 unspecified atom stereocenters. The van der Waals surface area contributed by atoms with E-state index in [1.807, 2.05) is 12.3 Å². The molecular weight excluding hydrogens is 248 g/mol. The van der Waals surface area contributed by atoms with Gasteiger partial charge < -0.3 is 10.6 Å². The summed E-state index contributed by atoms with van der Waals surface area (Å²) in [6.45, 7) is 7.40. The van der Waals surface area contributed by atoms with E-state index in [1.165, 1.54) is 13.0 Å². The van der Waals surface area contributed by atoms with Crippen molar-refractivity contribution < 1.29 is 0 Å². The molecule has 0 atom stereocenters. The fourth-order valence-electron chi connectivity index (χ4n) is 3.15. The number of aromatic nitrogens is 1. The van der Waals surface area contributed by atoms with Gasteiger partial charge in [0.25, 0.3) is 0 Å².